The number of benzene rings is 1. The number of tetrazole rings is 1. The number of anilines is 1. The topological polar surface area (TPSA) is 98.1 Å². The molecule has 144 valence electrons. The van der Waals surface area contributed by atoms with E-state index in [0.29, 0.717) is 29.5 Å². The fraction of sp³-hybridized carbons (Fsp3) is 0.316. The lowest BCUT2D eigenvalue weighted by Gasteiger charge is -2.23. The Morgan fingerprint density at radius 3 is 2.86 bits per heavy atom. The Bertz CT molecular complexity index is 969. The Balaban J connectivity index is 1.56. The normalized spacial score (nSPS) is 13.2. The maximum atomic E-state index is 12.9. The third-order valence-electron chi connectivity index (χ3n) is 4.61. The van der Waals surface area contributed by atoms with Gasteiger partial charge in [0.25, 0.3) is 0 Å². The van der Waals surface area contributed by atoms with Gasteiger partial charge in [0.05, 0.1) is 7.11 Å². The second-order valence-corrected chi connectivity index (χ2v) is 6.68. The van der Waals surface area contributed by atoms with Crippen LogP contribution in [0.1, 0.15) is 24.2 Å². The summed E-state index contributed by atoms with van der Waals surface area (Å²) in [7, 11) is 1.58. The first-order valence-corrected chi connectivity index (χ1v) is 9.05. The van der Waals surface area contributed by atoms with E-state index >= 15 is 0 Å². The van der Waals surface area contributed by atoms with Crippen molar-refractivity contribution in [1.29, 1.82) is 0 Å². The van der Waals surface area contributed by atoms with Crippen LogP contribution in [-0.2, 0) is 6.54 Å². The van der Waals surface area contributed by atoms with Crippen LogP contribution in [0.25, 0.3) is 5.69 Å². The summed E-state index contributed by atoms with van der Waals surface area (Å²) < 4.78 is 6.98. The molecule has 1 saturated carbocycles. The number of pyridine rings is 1. The molecule has 28 heavy (non-hydrogen) atoms. The Morgan fingerprint density at radius 2 is 2.21 bits per heavy atom. The number of hydrogen-bond acceptors (Lipinski definition) is 6. The van der Waals surface area contributed by atoms with Gasteiger partial charge in [-0.05, 0) is 60.0 Å². The number of carbonyl (C=O) groups is 1. The number of carbonyl (C=O) groups excluding carboxylic acids is 1. The molecule has 2 aromatic heterocycles. The van der Waals surface area contributed by atoms with E-state index in [-0.39, 0.29) is 12.1 Å². The Hall–Kier alpha value is -3.49. The van der Waals surface area contributed by atoms with Crippen LogP contribution in [-0.4, -0.2) is 49.3 Å². The number of urea groups is 1. The second kappa shape index (κ2) is 7.63. The van der Waals surface area contributed by atoms with Crippen LogP contribution in [0, 0.1) is 6.92 Å². The molecule has 1 fully saturated rings. The van der Waals surface area contributed by atoms with E-state index in [1.54, 1.807) is 49.3 Å². The lowest BCUT2D eigenvalue weighted by Crippen LogP contribution is -2.36. The zero-order valence-electron chi connectivity index (χ0n) is 15.7. The summed E-state index contributed by atoms with van der Waals surface area (Å²) in [6.07, 6.45) is 5.55. The molecule has 2 amide bonds. The highest BCUT2D eigenvalue weighted by Crippen LogP contribution is 2.30. The molecular formula is C19H21N7O2. The van der Waals surface area contributed by atoms with Crippen molar-refractivity contribution in [2.24, 2.45) is 0 Å². The molecule has 0 atom stereocenters. The highest BCUT2D eigenvalue weighted by molar-refractivity contribution is 5.90. The molecule has 9 heteroatoms. The van der Waals surface area contributed by atoms with Crippen molar-refractivity contribution in [1.82, 2.24) is 30.1 Å². The minimum atomic E-state index is -0.143. The monoisotopic (exact) mass is 379 g/mol. The maximum absolute atomic E-state index is 12.9. The van der Waals surface area contributed by atoms with Gasteiger partial charge >= 0.3 is 6.03 Å². The van der Waals surface area contributed by atoms with Crippen molar-refractivity contribution in [3.63, 3.8) is 0 Å². The van der Waals surface area contributed by atoms with Crippen molar-refractivity contribution >= 4 is 11.7 Å². The molecular weight excluding hydrogens is 358 g/mol. The minimum absolute atomic E-state index is 0.143. The molecule has 4 rings (SSSR count). The summed E-state index contributed by atoms with van der Waals surface area (Å²) in [4.78, 5) is 18.9. The molecule has 0 unspecified atom stereocenters. The maximum Gasteiger partial charge on any atom is 0.322 e. The fourth-order valence-electron chi connectivity index (χ4n) is 3.02. The summed E-state index contributed by atoms with van der Waals surface area (Å²) in [6.45, 7) is 2.33. The van der Waals surface area contributed by atoms with E-state index in [2.05, 4.69) is 25.8 Å². The molecule has 3 aromatic rings. The van der Waals surface area contributed by atoms with Gasteiger partial charge in [-0.3, -0.25) is 4.98 Å². The van der Waals surface area contributed by atoms with Crippen molar-refractivity contribution in [2.75, 3.05) is 12.4 Å². The van der Waals surface area contributed by atoms with Crippen LogP contribution in [0.3, 0.4) is 0 Å². The van der Waals surface area contributed by atoms with Crippen molar-refractivity contribution in [2.45, 2.75) is 32.4 Å². The van der Waals surface area contributed by atoms with E-state index in [0.717, 1.165) is 18.4 Å². The Morgan fingerprint density at radius 1 is 1.36 bits per heavy atom. The summed E-state index contributed by atoms with van der Waals surface area (Å²) in [5, 5.41) is 14.6. The summed E-state index contributed by atoms with van der Waals surface area (Å²) in [6, 6.07) is 9.36. The average Bonchev–Trinajstić information content (AvgIpc) is 3.47. The number of aromatic nitrogens is 5. The van der Waals surface area contributed by atoms with Crippen LogP contribution in [0.15, 0.2) is 42.7 Å². The number of aryl methyl sites for hydroxylation is 1. The zero-order chi connectivity index (χ0) is 19.5. The number of nitrogens with one attached hydrogen (secondary N) is 1. The molecule has 0 radical (unpaired) electrons. The van der Waals surface area contributed by atoms with Crippen LogP contribution < -0.4 is 10.1 Å². The number of nitrogens with zero attached hydrogens (tertiary/aromatic N) is 6. The number of rotatable bonds is 6. The van der Waals surface area contributed by atoms with Crippen LogP contribution in [0.2, 0.25) is 0 Å². The van der Waals surface area contributed by atoms with Gasteiger partial charge in [0.15, 0.2) is 5.82 Å². The molecule has 0 saturated heterocycles. The molecule has 1 aliphatic carbocycles. The predicted octanol–water partition coefficient (Wildman–Crippen LogP) is 2.57. The lowest BCUT2D eigenvalue weighted by molar-refractivity contribution is 0.206. The van der Waals surface area contributed by atoms with Gasteiger partial charge in [0.2, 0.25) is 0 Å². The van der Waals surface area contributed by atoms with E-state index in [4.69, 9.17) is 4.74 Å². The van der Waals surface area contributed by atoms with E-state index in [1.807, 2.05) is 17.0 Å². The van der Waals surface area contributed by atoms with Gasteiger partial charge in [-0.1, -0.05) is 6.07 Å². The van der Waals surface area contributed by atoms with Gasteiger partial charge in [-0.15, -0.1) is 5.10 Å². The summed E-state index contributed by atoms with van der Waals surface area (Å²) >= 11 is 0. The third kappa shape index (κ3) is 3.78. The predicted molar refractivity (Wildman–Crippen MR) is 102 cm³/mol. The number of ether oxygens (including phenoxy) is 1. The van der Waals surface area contributed by atoms with Crippen LogP contribution in [0.5, 0.6) is 5.75 Å². The van der Waals surface area contributed by atoms with E-state index in [9.17, 15) is 4.79 Å². The zero-order valence-corrected chi connectivity index (χ0v) is 15.7. The van der Waals surface area contributed by atoms with Crippen molar-refractivity contribution in [3.05, 3.63) is 54.1 Å². The Labute approximate surface area is 162 Å². The van der Waals surface area contributed by atoms with E-state index in [1.165, 1.54) is 0 Å². The van der Waals surface area contributed by atoms with Gasteiger partial charge in [0.1, 0.15) is 11.4 Å². The van der Waals surface area contributed by atoms with Gasteiger partial charge in [0, 0.05) is 30.7 Å². The van der Waals surface area contributed by atoms with Crippen molar-refractivity contribution < 1.29 is 9.53 Å². The minimum Gasteiger partial charge on any atom is -0.494 e. The molecule has 0 aliphatic heterocycles. The lowest BCUT2D eigenvalue weighted by atomic mass is 10.2. The molecule has 9 nitrogen and oxygen atoms in total. The number of amides is 2. The first-order valence-electron chi connectivity index (χ1n) is 9.05. The summed E-state index contributed by atoms with van der Waals surface area (Å²) in [5.41, 5.74) is 2.31. The third-order valence-corrected chi connectivity index (χ3v) is 4.61. The number of methoxy groups -OCH3 is 1. The van der Waals surface area contributed by atoms with Gasteiger partial charge < -0.3 is 15.0 Å². The SMILES string of the molecule is COc1ccc(NC(=O)N(Cc2cccnc2)C2CC2)cc1-n1nnnc1C. The number of hydrogen-bond donors (Lipinski definition) is 1. The first-order chi connectivity index (χ1) is 13.7. The molecule has 0 bridgehead atoms. The van der Waals surface area contributed by atoms with Crippen molar-refractivity contribution in [3.8, 4) is 11.4 Å². The average molecular weight is 379 g/mol. The highest BCUT2D eigenvalue weighted by atomic mass is 16.5. The second-order valence-electron chi connectivity index (χ2n) is 6.68. The molecule has 1 N–H and O–H groups in total. The smallest absolute Gasteiger partial charge is 0.322 e. The standard InChI is InChI=1S/C19H21N7O2/c1-13-22-23-24-26(13)17-10-15(5-8-18(17)28-2)21-19(27)25(16-6-7-16)12-14-4-3-9-20-11-14/h3-5,8-11,16H,6-7,12H2,1-2H3,(H,21,27). The molecule has 0 spiro atoms. The van der Waals surface area contributed by atoms with E-state index < -0.39 is 0 Å². The molecule has 1 aromatic carbocycles. The largest absolute Gasteiger partial charge is 0.494 e. The molecule has 2 heterocycles. The van der Waals surface area contributed by atoms with Gasteiger partial charge in [-0.2, -0.15) is 4.68 Å². The molecule has 1 aliphatic rings. The van der Waals surface area contributed by atoms with Crippen LogP contribution in [0.4, 0.5) is 10.5 Å². The van der Waals surface area contributed by atoms with Crippen LogP contribution >= 0.6 is 0 Å². The quantitative estimate of drug-likeness (QED) is 0.707. The van der Waals surface area contributed by atoms with Gasteiger partial charge in [-0.25, -0.2) is 4.79 Å². The summed E-state index contributed by atoms with van der Waals surface area (Å²) in [5.74, 6) is 1.24. The highest BCUT2D eigenvalue weighted by Gasteiger charge is 2.32. The Kier molecular flexibility index (Phi) is 4.88. The fourth-order valence-corrected chi connectivity index (χ4v) is 3.02. The first kappa shape index (κ1) is 17.9.